The van der Waals surface area contributed by atoms with Crippen LogP contribution in [0.25, 0.3) is 0 Å². The number of hydrogen-bond donors (Lipinski definition) is 1. The predicted molar refractivity (Wildman–Crippen MR) is 114 cm³/mol. The Hall–Kier alpha value is -2.38. The van der Waals surface area contributed by atoms with Gasteiger partial charge in [0, 0.05) is 30.5 Å². The summed E-state index contributed by atoms with van der Waals surface area (Å²) < 4.78 is 26.8. The van der Waals surface area contributed by atoms with E-state index < -0.39 is 10.0 Å². The van der Waals surface area contributed by atoms with E-state index in [4.69, 9.17) is 0 Å². The number of carbonyl (C=O) groups excluding carboxylic acids is 1. The Kier molecular flexibility index (Phi) is 7.60. The van der Waals surface area contributed by atoms with Crippen LogP contribution in [-0.4, -0.2) is 44.3 Å². The summed E-state index contributed by atoms with van der Waals surface area (Å²) in [6, 6.07) is 16.1. The number of sulfonamides is 1. The van der Waals surface area contributed by atoms with Crippen molar-refractivity contribution in [2.45, 2.75) is 38.6 Å². The van der Waals surface area contributed by atoms with Gasteiger partial charge in [0.1, 0.15) is 0 Å². The maximum atomic E-state index is 12.8. The normalized spacial score (nSPS) is 11.6. The van der Waals surface area contributed by atoms with Crippen LogP contribution in [0.5, 0.6) is 0 Å². The van der Waals surface area contributed by atoms with Crippen LogP contribution in [0.4, 0.5) is 11.4 Å². The number of para-hydroxylation sites is 1. The van der Waals surface area contributed by atoms with Gasteiger partial charge in [-0.3, -0.25) is 4.79 Å². The van der Waals surface area contributed by atoms with Gasteiger partial charge in [0.25, 0.3) is 0 Å². The van der Waals surface area contributed by atoms with E-state index >= 15 is 0 Å². The van der Waals surface area contributed by atoms with Crippen LogP contribution in [0.3, 0.4) is 0 Å². The first-order valence-corrected chi connectivity index (χ1v) is 11.0. The third-order valence-corrected chi connectivity index (χ3v) is 6.49. The molecule has 0 aliphatic carbocycles. The first-order valence-electron chi connectivity index (χ1n) is 9.52. The van der Waals surface area contributed by atoms with Gasteiger partial charge in [0.2, 0.25) is 15.9 Å². The van der Waals surface area contributed by atoms with Crippen LogP contribution >= 0.6 is 0 Å². The average molecular weight is 404 g/mol. The molecule has 2 aromatic rings. The molecular weight excluding hydrogens is 374 g/mol. The fraction of sp³-hybridized carbons (Fsp3) is 0.381. The first-order chi connectivity index (χ1) is 13.3. The zero-order chi connectivity index (χ0) is 20.7. The van der Waals surface area contributed by atoms with Crippen molar-refractivity contribution in [3.05, 3.63) is 54.6 Å². The molecule has 0 aliphatic heterocycles. The molecule has 7 heteroatoms. The van der Waals surface area contributed by atoms with Gasteiger partial charge in [0.15, 0.2) is 0 Å². The third kappa shape index (κ3) is 5.11. The van der Waals surface area contributed by atoms with E-state index in [9.17, 15) is 13.2 Å². The molecule has 2 rings (SSSR count). The van der Waals surface area contributed by atoms with Crippen molar-refractivity contribution < 1.29 is 13.2 Å². The second-order valence-electron chi connectivity index (χ2n) is 6.66. The van der Waals surface area contributed by atoms with Gasteiger partial charge in [-0.15, -0.1) is 0 Å². The number of nitrogens with one attached hydrogen (secondary N) is 1. The molecule has 0 saturated carbocycles. The van der Waals surface area contributed by atoms with Crippen LogP contribution in [0, 0.1) is 0 Å². The van der Waals surface area contributed by atoms with E-state index in [1.165, 1.54) is 4.31 Å². The van der Waals surface area contributed by atoms with Crippen molar-refractivity contribution in [3.63, 3.8) is 0 Å². The van der Waals surface area contributed by atoms with Crippen LogP contribution in [0.15, 0.2) is 59.5 Å². The summed E-state index contributed by atoms with van der Waals surface area (Å²) >= 11 is 0. The molecule has 0 heterocycles. The number of amides is 1. The fourth-order valence-electron chi connectivity index (χ4n) is 3.06. The number of rotatable bonds is 9. The Bertz CT molecular complexity index is 879. The van der Waals surface area contributed by atoms with Gasteiger partial charge >= 0.3 is 0 Å². The minimum atomic E-state index is -3.54. The molecule has 0 aromatic heterocycles. The largest absolute Gasteiger partial charge is 0.376 e. The van der Waals surface area contributed by atoms with E-state index in [2.05, 4.69) is 5.32 Å². The predicted octanol–water partition coefficient (Wildman–Crippen LogP) is 3.57. The molecule has 0 radical (unpaired) electrons. The molecule has 6 nitrogen and oxygen atoms in total. The summed E-state index contributed by atoms with van der Waals surface area (Å²) in [6.07, 6.45) is 0. The smallest absolute Gasteiger partial charge is 0.246 e. The molecule has 152 valence electrons. The molecule has 2 aromatic carbocycles. The second-order valence-corrected chi connectivity index (χ2v) is 8.60. The summed E-state index contributed by atoms with van der Waals surface area (Å²) in [4.78, 5) is 14.7. The Morgan fingerprint density at radius 1 is 1.00 bits per heavy atom. The topological polar surface area (TPSA) is 69.7 Å². The van der Waals surface area contributed by atoms with E-state index in [0.717, 1.165) is 5.69 Å². The summed E-state index contributed by atoms with van der Waals surface area (Å²) in [5, 5.41) is 3.06. The highest BCUT2D eigenvalue weighted by molar-refractivity contribution is 7.89. The van der Waals surface area contributed by atoms with Gasteiger partial charge in [-0.1, -0.05) is 38.1 Å². The highest BCUT2D eigenvalue weighted by Gasteiger charge is 2.22. The molecule has 1 N–H and O–H groups in total. The number of hydrogen-bond acceptors (Lipinski definition) is 4. The lowest BCUT2D eigenvalue weighted by Gasteiger charge is -2.27. The highest BCUT2D eigenvalue weighted by atomic mass is 32.2. The van der Waals surface area contributed by atoms with Gasteiger partial charge in [-0.25, -0.2) is 8.42 Å². The fourth-order valence-corrected chi connectivity index (χ4v) is 4.57. The quantitative estimate of drug-likeness (QED) is 0.695. The lowest BCUT2D eigenvalue weighted by molar-refractivity contribution is -0.117. The number of carbonyl (C=O) groups is 1. The molecule has 0 unspecified atom stereocenters. The van der Waals surface area contributed by atoms with Crippen molar-refractivity contribution in [2.24, 2.45) is 0 Å². The summed E-state index contributed by atoms with van der Waals surface area (Å²) in [5.74, 6) is -0.0850. The standard InChI is InChI=1S/C21H29N3O3S/c1-5-23(6-2)28(26,27)20-14-10-11-18(15-20)22-16-21(25)24(17(3)4)19-12-8-7-9-13-19/h7-15,17,22H,5-6,16H2,1-4H3. The van der Waals surface area contributed by atoms with Crippen LogP contribution in [-0.2, 0) is 14.8 Å². The molecule has 0 atom stereocenters. The number of nitrogens with zero attached hydrogens (tertiary/aromatic N) is 2. The van der Waals surface area contributed by atoms with E-state index in [1.807, 2.05) is 58.0 Å². The molecule has 0 spiro atoms. The lowest BCUT2D eigenvalue weighted by atomic mass is 10.2. The van der Waals surface area contributed by atoms with Gasteiger partial charge < -0.3 is 10.2 Å². The van der Waals surface area contributed by atoms with Gasteiger partial charge in [-0.2, -0.15) is 4.31 Å². The minimum Gasteiger partial charge on any atom is -0.376 e. The highest BCUT2D eigenvalue weighted by Crippen LogP contribution is 2.20. The summed E-state index contributed by atoms with van der Waals surface area (Å²) in [5.41, 5.74) is 1.43. The van der Waals surface area contributed by atoms with Crippen molar-refractivity contribution >= 4 is 27.3 Å². The summed E-state index contributed by atoms with van der Waals surface area (Å²) in [7, 11) is -3.54. The second kappa shape index (κ2) is 9.71. The van der Waals surface area contributed by atoms with E-state index in [0.29, 0.717) is 18.8 Å². The maximum absolute atomic E-state index is 12.8. The lowest BCUT2D eigenvalue weighted by Crippen LogP contribution is -2.40. The van der Waals surface area contributed by atoms with Crippen molar-refractivity contribution in [3.8, 4) is 0 Å². The monoisotopic (exact) mass is 403 g/mol. The SMILES string of the molecule is CCN(CC)S(=O)(=O)c1cccc(NCC(=O)N(c2ccccc2)C(C)C)c1. The summed E-state index contributed by atoms with van der Waals surface area (Å²) in [6.45, 7) is 8.44. The van der Waals surface area contributed by atoms with E-state index in [-0.39, 0.29) is 23.4 Å². The Morgan fingerprint density at radius 3 is 2.21 bits per heavy atom. The Labute approximate surface area is 168 Å². The molecule has 0 fully saturated rings. The number of benzene rings is 2. The van der Waals surface area contributed by atoms with Crippen molar-refractivity contribution in [1.29, 1.82) is 0 Å². The van der Waals surface area contributed by atoms with Gasteiger partial charge in [0.05, 0.1) is 11.4 Å². The average Bonchev–Trinajstić information content (AvgIpc) is 2.68. The van der Waals surface area contributed by atoms with E-state index in [1.54, 1.807) is 29.2 Å². The van der Waals surface area contributed by atoms with Crippen LogP contribution < -0.4 is 10.2 Å². The molecule has 1 amide bonds. The van der Waals surface area contributed by atoms with Crippen molar-refractivity contribution in [1.82, 2.24) is 4.31 Å². The zero-order valence-electron chi connectivity index (χ0n) is 16.9. The third-order valence-electron chi connectivity index (χ3n) is 4.44. The first kappa shape index (κ1) is 21.9. The van der Waals surface area contributed by atoms with Crippen molar-refractivity contribution in [2.75, 3.05) is 29.9 Å². The van der Waals surface area contributed by atoms with Crippen LogP contribution in [0.1, 0.15) is 27.7 Å². The maximum Gasteiger partial charge on any atom is 0.246 e. The number of anilines is 2. The molecule has 0 aliphatic rings. The van der Waals surface area contributed by atoms with Crippen LogP contribution in [0.2, 0.25) is 0 Å². The Morgan fingerprint density at radius 2 is 1.64 bits per heavy atom. The minimum absolute atomic E-state index is 0.00563. The molecular formula is C21H29N3O3S. The molecule has 28 heavy (non-hydrogen) atoms. The van der Waals surface area contributed by atoms with Gasteiger partial charge in [-0.05, 0) is 44.2 Å². The Balaban J connectivity index is 2.15. The zero-order valence-corrected chi connectivity index (χ0v) is 17.7. The molecule has 0 bridgehead atoms. The molecule has 0 saturated heterocycles.